The highest BCUT2D eigenvalue weighted by atomic mass is 35.5. The maximum atomic E-state index is 6.22. The van der Waals surface area contributed by atoms with Crippen molar-refractivity contribution in [3.8, 4) is 17.2 Å². The number of aryl methyl sites for hydroxylation is 1. The summed E-state index contributed by atoms with van der Waals surface area (Å²) in [6.45, 7) is 0. The van der Waals surface area contributed by atoms with Crippen molar-refractivity contribution in [3.63, 3.8) is 0 Å². The van der Waals surface area contributed by atoms with Crippen molar-refractivity contribution in [3.05, 3.63) is 46.6 Å². The smallest absolute Gasteiger partial charge is 0.203 e. The fourth-order valence-corrected chi connectivity index (χ4v) is 4.01. The third-order valence-electron chi connectivity index (χ3n) is 5.16. The van der Waals surface area contributed by atoms with Gasteiger partial charge in [0, 0.05) is 33.9 Å². The number of nitrogens with one attached hydrogen (secondary N) is 1. The van der Waals surface area contributed by atoms with Gasteiger partial charge in [-0.15, -0.1) is 0 Å². The molecule has 146 valence electrons. The van der Waals surface area contributed by atoms with Gasteiger partial charge in [-0.1, -0.05) is 11.6 Å². The Labute approximate surface area is 169 Å². The van der Waals surface area contributed by atoms with Gasteiger partial charge in [0.2, 0.25) is 5.75 Å². The third kappa shape index (κ3) is 3.31. The second-order valence-corrected chi connectivity index (χ2v) is 7.26. The topological polar surface area (TPSA) is 52.6 Å². The molecule has 2 aromatic carbocycles. The van der Waals surface area contributed by atoms with Gasteiger partial charge in [0.1, 0.15) is 0 Å². The Balaban J connectivity index is 1.88. The molecule has 1 heterocycles. The lowest BCUT2D eigenvalue weighted by Crippen LogP contribution is -2.10. The fraction of sp³-hybridized carbons (Fsp3) is 0.318. The molecule has 1 N–H and O–H groups in total. The van der Waals surface area contributed by atoms with Crippen LogP contribution in [0.5, 0.6) is 17.2 Å². The zero-order valence-electron chi connectivity index (χ0n) is 16.3. The van der Waals surface area contributed by atoms with Gasteiger partial charge in [0.25, 0.3) is 0 Å². The largest absolute Gasteiger partial charge is 0.493 e. The SMILES string of the molecule is COc1cc(Nc2c3c(nc4cc(Cl)ccc24)CCCC3)cc(OC)c1OC. The fourth-order valence-electron chi connectivity index (χ4n) is 3.84. The molecule has 0 atom stereocenters. The van der Waals surface area contributed by atoms with Crippen LogP contribution < -0.4 is 19.5 Å². The van der Waals surface area contributed by atoms with Crippen LogP contribution in [0.3, 0.4) is 0 Å². The van der Waals surface area contributed by atoms with Gasteiger partial charge in [-0.05, 0) is 49.4 Å². The summed E-state index contributed by atoms with van der Waals surface area (Å²) in [6, 6.07) is 9.69. The average Bonchev–Trinajstić information content (AvgIpc) is 2.72. The number of fused-ring (bicyclic) bond motifs is 2. The van der Waals surface area contributed by atoms with Gasteiger partial charge in [-0.2, -0.15) is 0 Å². The monoisotopic (exact) mass is 398 g/mol. The maximum absolute atomic E-state index is 6.22. The number of halogens is 1. The predicted molar refractivity (Wildman–Crippen MR) is 113 cm³/mol. The number of rotatable bonds is 5. The van der Waals surface area contributed by atoms with Crippen LogP contribution in [0.1, 0.15) is 24.1 Å². The molecule has 0 unspecified atom stereocenters. The van der Waals surface area contributed by atoms with Gasteiger partial charge in [0.05, 0.1) is 32.5 Å². The van der Waals surface area contributed by atoms with Crippen LogP contribution in [0.15, 0.2) is 30.3 Å². The molecule has 1 aromatic heterocycles. The van der Waals surface area contributed by atoms with Crippen molar-refractivity contribution in [2.24, 2.45) is 0 Å². The van der Waals surface area contributed by atoms with E-state index in [1.807, 2.05) is 30.3 Å². The second-order valence-electron chi connectivity index (χ2n) is 6.82. The zero-order chi connectivity index (χ0) is 19.7. The van der Waals surface area contributed by atoms with Crippen LogP contribution in [-0.4, -0.2) is 26.3 Å². The van der Waals surface area contributed by atoms with Crippen LogP contribution in [0.4, 0.5) is 11.4 Å². The average molecular weight is 399 g/mol. The van der Waals surface area contributed by atoms with Gasteiger partial charge in [0.15, 0.2) is 11.5 Å². The summed E-state index contributed by atoms with van der Waals surface area (Å²) in [6.07, 6.45) is 4.32. The minimum Gasteiger partial charge on any atom is -0.493 e. The van der Waals surface area contributed by atoms with Crippen LogP contribution in [0.2, 0.25) is 5.02 Å². The Hall–Kier alpha value is -2.66. The van der Waals surface area contributed by atoms with Crippen LogP contribution in [0, 0.1) is 0 Å². The first-order valence-corrected chi connectivity index (χ1v) is 9.70. The van der Waals surface area contributed by atoms with Crippen molar-refractivity contribution in [1.29, 1.82) is 0 Å². The van der Waals surface area contributed by atoms with E-state index in [1.165, 1.54) is 5.56 Å². The molecule has 0 bridgehead atoms. The third-order valence-corrected chi connectivity index (χ3v) is 5.39. The van der Waals surface area contributed by atoms with Crippen molar-refractivity contribution >= 4 is 33.9 Å². The molecule has 0 fully saturated rings. The molecule has 3 aromatic rings. The first kappa shape index (κ1) is 18.7. The van der Waals surface area contributed by atoms with Gasteiger partial charge in [-0.3, -0.25) is 4.98 Å². The molecular formula is C22H23ClN2O3. The van der Waals surface area contributed by atoms with E-state index in [1.54, 1.807) is 21.3 Å². The summed E-state index contributed by atoms with van der Waals surface area (Å²) in [4.78, 5) is 4.88. The lowest BCUT2D eigenvalue weighted by Gasteiger charge is -2.22. The van der Waals surface area contributed by atoms with E-state index in [2.05, 4.69) is 5.32 Å². The predicted octanol–water partition coefficient (Wildman–Crippen LogP) is 5.54. The summed E-state index contributed by atoms with van der Waals surface area (Å²) in [5, 5.41) is 5.34. The van der Waals surface area contributed by atoms with E-state index < -0.39 is 0 Å². The number of anilines is 2. The molecule has 0 radical (unpaired) electrons. The Morgan fingerprint density at radius 3 is 2.32 bits per heavy atom. The van der Waals surface area contributed by atoms with E-state index >= 15 is 0 Å². The Bertz CT molecular complexity index is 1010. The van der Waals surface area contributed by atoms with Crippen molar-refractivity contribution in [2.75, 3.05) is 26.6 Å². The molecule has 0 amide bonds. The lowest BCUT2D eigenvalue weighted by molar-refractivity contribution is 0.324. The van der Waals surface area contributed by atoms with E-state index in [9.17, 15) is 0 Å². The molecule has 28 heavy (non-hydrogen) atoms. The molecule has 0 spiro atoms. The van der Waals surface area contributed by atoms with E-state index in [-0.39, 0.29) is 0 Å². The molecule has 5 nitrogen and oxygen atoms in total. The molecule has 1 aliphatic rings. The Morgan fingerprint density at radius 1 is 0.929 bits per heavy atom. The van der Waals surface area contributed by atoms with E-state index in [4.69, 9.17) is 30.8 Å². The van der Waals surface area contributed by atoms with Crippen molar-refractivity contribution < 1.29 is 14.2 Å². The van der Waals surface area contributed by atoms with Crippen LogP contribution in [0.25, 0.3) is 10.9 Å². The first-order chi connectivity index (χ1) is 13.6. The molecule has 0 aliphatic heterocycles. The zero-order valence-corrected chi connectivity index (χ0v) is 17.0. The lowest BCUT2D eigenvalue weighted by atomic mass is 9.92. The number of methoxy groups -OCH3 is 3. The molecule has 0 saturated heterocycles. The summed E-state index contributed by atoms with van der Waals surface area (Å²) in [5.41, 5.74) is 5.27. The first-order valence-electron chi connectivity index (χ1n) is 9.32. The molecule has 4 rings (SSSR count). The summed E-state index contributed by atoms with van der Waals surface area (Å²) >= 11 is 6.22. The van der Waals surface area contributed by atoms with Crippen LogP contribution in [-0.2, 0) is 12.8 Å². The second kappa shape index (κ2) is 7.76. The number of pyridine rings is 1. The van der Waals surface area contributed by atoms with Crippen LogP contribution >= 0.6 is 11.6 Å². The van der Waals surface area contributed by atoms with Gasteiger partial charge >= 0.3 is 0 Å². The Morgan fingerprint density at radius 2 is 1.64 bits per heavy atom. The number of hydrogen-bond acceptors (Lipinski definition) is 5. The highest BCUT2D eigenvalue weighted by Gasteiger charge is 2.20. The summed E-state index contributed by atoms with van der Waals surface area (Å²) in [5.74, 6) is 1.79. The summed E-state index contributed by atoms with van der Waals surface area (Å²) in [7, 11) is 4.84. The highest BCUT2D eigenvalue weighted by molar-refractivity contribution is 6.31. The number of benzene rings is 2. The standard InChI is InChI=1S/C22H23ClN2O3/c1-26-19-11-14(12-20(27-2)22(19)28-3)24-21-15-6-4-5-7-17(15)25-18-10-13(23)8-9-16(18)21/h8-12H,4-7H2,1-3H3,(H,24,25). The molecule has 0 saturated carbocycles. The molecule has 1 aliphatic carbocycles. The number of hydrogen-bond donors (Lipinski definition) is 1. The van der Waals surface area contributed by atoms with Gasteiger partial charge < -0.3 is 19.5 Å². The minimum absolute atomic E-state index is 0.573. The van der Waals surface area contributed by atoms with E-state index in [0.717, 1.165) is 53.7 Å². The highest BCUT2D eigenvalue weighted by Crippen LogP contribution is 2.42. The normalized spacial score (nSPS) is 13.1. The van der Waals surface area contributed by atoms with E-state index in [0.29, 0.717) is 22.3 Å². The number of nitrogens with zero attached hydrogens (tertiary/aromatic N) is 1. The van der Waals surface area contributed by atoms with Crippen molar-refractivity contribution in [1.82, 2.24) is 4.98 Å². The maximum Gasteiger partial charge on any atom is 0.203 e. The summed E-state index contributed by atoms with van der Waals surface area (Å²) < 4.78 is 16.4. The quantitative estimate of drug-likeness (QED) is 0.611. The Kier molecular flexibility index (Phi) is 5.18. The minimum atomic E-state index is 0.573. The van der Waals surface area contributed by atoms with Gasteiger partial charge in [-0.25, -0.2) is 0 Å². The molecule has 6 heteroatoms. The number of aromatic nitrogens is 1. The number of ether oxygens (including phenoxy) is 3. The molecular weight excluding hydrogens is 376 g/mol. The van der Waals surface area contributed by atoms with Crippen molar-refractivity contribution in [2.45, 2.75) is 25.7 Å².